The van der Waals surface area contributed by atoms with E-state index in [1.807, 2.05) is 42.1 Å². The Bertz CT molecular complexity index is 546. The van der Waals surface area contributed by atoms with Gasteiger partial charge in [-0.3, -0.25) is 4.90 Å². The summed E-state index contributed by atoms with van der Waals surface area (Å²) in [7, 11) is 0. The van der Waals surface area contributed by atoms with Crippen LogP contribution in [0.15, 0.2) is 30.3 Å². The summed E-state index contributed by atoms with van der Waals surface area (Å²) in [6, 6.07) is 9.52. The van der Waals surface area contributed by atoms with Crippen LogP contribution in [-0.2, 0) is 4.74 Å². The highest BCUT2D eigenvalue weighted by Crippen LogP contribution is 2.32. The maximum absolute atomic E-state index is 12.2. The van der Waals surface area contributed by atoms with Crippen molar-refractivity contribution in [2.45, 2.75) is 18.4 Å². The molecule has 0 aromatic heterocycles. The van der Waals surface area contributed by atoms with E-state index >= 15 is 0 Å². The van der Waals surface area contributed by atoms with Crippen LogP contribution in [0, 0.1) is 0 Å². The molecule has 2 fully saturated rings. The van der Waals surface area contributed by atoms with Gasteiger partial charge in [-0.2, -0.15) is 11.8 Å². The molecule has 0 bridgehead atoms. The highest BCUT2D eigenvalue weighted by Gasteiger charge is 2.39. The lowest BCUT2D eigenvalue weighted by Gasteiger charge is -2.48. The monoisotopic (exact) mass is 379 g/mol. The summed E-state index contributed by atoms with van der Waals surface area (Å²) in [6.45, 7) is 5.14. The summed E-state index contributed by atoms with van der Waals surface area (Å²) in [5.74, 6) is 3.14. The quantitative estimate of drug-likeness (QED) is 0.709. The molecule has 0 atom stereocenters. The molecule has 6 nitrogen and oxygen atoms in total. The van der Waals surface area contributed by atoms with Crippen LogP contribution in [0.1, 0.15) is 12.8 Å². The number of benzene rings is 1. The normalized spacial score (nSPS) is 20.3. The van der Waals surface area contributed by atoms with E-state index < -0.39 is 0 Å². The van der Waals surface area contributed by atoms with E-state index in [1.165, 1.54) is 0 Å². The smallest absolute Gasteiger partial charge is 0.314 e. The maximum atomic E-state index is 12.2. The van der Waals surface area contributed by atoms with Gasteiger partial charge in [0.15, 0.2) is 0 Å². The SMILES string of the molecule is O=C(NCCOc1ccccc1)NCC1(N2CCOCC2)CCSCC1. The standard InChI is InChI=1S/C19H29N3O3S/c23-18(20-8-11-25-17-4-2-1-3-5-17)21-16-19(6-14-26-15-7-19)22-9-12-24-13-10-22/h1-5H,6-16H2,(H2,20,21,23). The third-order valence-corrected chi connectivity index (χ3v) is 6.07. The number of hydrogen-bond donors (Lipinski definition) is 2. The molecule has 2 saturated heterocycles. The zero-order chi connectivity index (χ0) is 18.1. The number of nitrogens with zero attached hydrogens (tertiary/aromatic N) is 1. The first-order valence-electron chi connectivity index (χ1n) is 9.39. The Morgan fingerprint density at radius 2 is 1.88 bits per heavy atom. The topological polar surface area (TPSA) is 62.8 Å². The van der Waals surface area contributed by atoms with E-state index in [0.29, 0.717) is 19.7 Å². The molecule has 2 N–H and O–H groups in total. The number of carbonyl (C=O) groups excluding carboxylic acids is 1. The lowest BCUT2D eigenvalue weighted by atomic mass is 9.89. The Labute approximate surface area is 160 Å². The zero-order valence-electron chi connectivity index (χ0n) is 15.2. The summed E-state index contributed by atoms with van der Waals surface area (Å²) in [6.07, 6.45) is 2.24. The van der Waals surface area contributed by atoms with Crippen molar-refractivity contribution in [3.8, 4) is 5.75 Å². The van der Waals surface area contributed by atoms with E-state index in [1.54, 1.807) is 0 Å². The van der Waals surface area contributed by atoms with Gasteiger partial charge in [-0.05, 0) is 36.5 Å². The summed E-state index contributed by atoms with van der Waals surface area (Å²) >= 11 is 2.01. The number of rotatable bonds is 7. The van der Waals surface area contributed by atoms with Gasteiger partial charge >= 0.3 is 6.03 Å². The Kier molecular flexibility index (Phi) is 7.46. The van der Waals surface area contributed by atoms with Gasteiger partial charge in [-0.25, -0.2) is 4.79 Å². The number of morpholine rings is 1. The Morgan fingerprint density at radius 1 is 1.15 bits per heavy atom. The number of thioether (sulfide) groups is 1. The number of urea groups is 1. The van der Waals surface area contributed by atoms with Crippen LogP contribution in [0.25, 0.3) is 0 Å². The molecule has 144 valence electrons. The van der Waals surface area contributed by atoms with Crippen molar-refractivity contribution in [1.82, 2.24) is 15.5 Å². The van der Waals surface area contributed by atoms with Crippen LogP contribution in [0.4, 0.5) is 4.79 Å². The first-order chi connectivity index (χ1) is 12.8. The Balaban J connectivity index is 1.41. The van der Waals surface area contributed by atoms with Gasteiger partial charge < -0.3 is 20.1 Å². The Morgan fingerprint density at radius 3 is 2.62 bits per heavy atom. The van der Waals surface area contributed by atoms with Crippen molar-refractivity contribution < 1.29 is 14.3 Å². The summed E-state index contributed by atoms with van der Waals surface area (Å²) in [5.41, 5.74) is 0.0763. The molecule has 2 aliphatic rings. The van der Waals surface area contributed by atoms with Gasteiger partial charge in [0.2, 0.25) is 0 Å². The van der Waals surface area contributed by atoms with Gasteiger partial charge in [-0.15, -0.1) is 0 Å². The third kappa shape index (κ3) is 5.53. The molecule has 0 spiro atoms. The molecule has 26 heavy (non-hydrogen) atoms. The second-order valence-corrected chi connectivity index (χ2v) is 7.93. The molecule has 2 amide bonds. The second kappa shape index (κ2) is 10.0. The maximum Gasteiger partial charge on any atom is 0.314 e. The fourth-order valence-corrected chi connectivity index (χ4v) is 4.80. The molecule has 0 unspecified atom stereocenters. The van der Waals surface area contributed by atoms with Gasteiger partial charge in [0.25, 0.3) is 0 Å². The lowest BCUT2D eigenvalue weighted by molar-refractivity contribution is -0.0250. The van der Waals surface area contributed by atoms with E-state index in [9.17, 15) is 4.79 Å². The van der Waals surface area contributed by atoms with Crippen LogP contribution in [-0.4, -0.2) is 74.0 Å². The van der Waals surface area contributed by atoms with Crippen LogP contribution < -0.4 is 15.4 Å². The van der Waals surface area contributed by atoms with Gasteiger partial charge in [0.05, 0.1) is 19.8 Å². The van der Waals surface area contributed by atoms with Crippen molar-refractivity contribution in [3.63, 3.8) is 0 Å². The molecule has 2 heterocycles. The van der Waals surface area contributed by atoms with Gasteiger partial charge in [-0.1, -0.05) is 18.2 Å². The number of hydrogen-bond acceptors (Lipinski definition) is 5. The van der Waals surface area contributed by atoms with Crippen LogP contribution >= 0.6 is 11.8 Å². The number of amides is 2. The predicted octanol–water partition coefficient (Wildman–Crippen LogP) is 1.96. The van der Waals surface area contributed by atoms with Crippen LogP contribution in [0.5, 0.6) is 5.75 Å². The van der Waals surface area contributed by atoms with Crippen molar-refractivity contribution in [2.24, 2.45) is 0 Å². The molecule has 2 aliphatic heterocycles. The molecule has 0 radical (unpaired) electrons. The zero-order valence-corrected chi connectivity index (χ0v) is 16.1. The molecule has 1 aromatic rings. The molecule has 7 heteroatoms. The van der Waals surface area contributed by atoms with Gasteiger partial charge in [0.1, 0.15) is 12.4 Å². The van der Waals surface area contributed by atoms with Crippen molar-refractivity contribution >= 4 is 17.8 Å². The average molecular weight is 380 g/mol. The van der Waals surface area contributed by atoms with E-state index in [4.69, 9.17) is 9.47 Å². The van der Waals surface area contributed by atoms with E-state index in [0.717, 1.165) is 56.4 Å². The highest BCUT2D eigenvalue weighted by molar-refractivity contribution is 7.99. The summed E-state index contributed by atoms with van der Waals surface area (Å²) < 4.78 is 11.1. The number of nitrogens with one attached hydrogen (secondary N) is 2. The number of para-hydroxylation sites is 1. The van der Waals surface area contributed by atoms with Crippen molar-refractivity contribution in [1.29, 1.82) is 0 Å². The largest absolute Gasteiger partial charge is 0.492 e. The fourth-order valence-electron chi connectivity index (χ4n) is 3.55. The minimum Gasteiger partial charge on any atom is -0.492 e. The molecule has 1 aromatic carbocycles. The minimum atomic E-state index is -0.118. The molecular weight excluding hydrogens is 350 g/mol. The van der Waals surface area contributed by atoms with Crippen molar-refractivity contribution in [2.75, 3.05) is 57.5 Å². The average Bonchev–Trinajstić information content (AvgIpc) is 2.72. The first-order valence-corrected chi connectivity index (χ1v) is 10.5. The molecule has 0 saturated carbocycles. The molecular formula is C19H29N3O3S. The summed E-state index contributed by atoms with van der Waals surface area (Å²) in [5, 5.41) is 5.98. The van der Waals surface area contributed by atoms with E-state index in [2.05, 4.69) is 15.5 Å². The predicted molar refractivity (Wildman–Crippen MR) is 105 cm³/mol. The number of ether oxygens (including phenoxy) is 2. The molecule has 3 rings (SSSR count). The Hall–Kier alpha value is -1.44. The fraction of sp³-hybridized carbons (Fsp3) is 0.632. The van der Waals surface area contributed by atoms with Gasteiger partial charge in [0, 0.05) is 25.2 Å². The third-order valence-electron chi connectivity index (χ3n) is 5.08. The first kappa shape index (κ1) is 19.3. The van der Waals surface area contributed by atoms with Crippen molar-refractivity contribution in [3.05, 3.63) is 30.3 Å². The number of carbonyl (C=O) groups is 1. The second-order valence-electron chi connectivity index (χ2n) is 6.71. The van der Waals surface area contributed by atoms with Crippen LogP contribution in [0.2, 0.25) is 0 Å². The lowest BCUT2D eigenvalue weighted by Crippen LogP contribution is -2.61. The molecule has 0 aliphatic carbocycles. The minimum absolute atomic E-state index is 0.0763. The van der Waals surface area contributed by atoms with E-state index in [-0.39, 0.29) is 11.6 Å². The summed E-state index contributed by atoms with van der Waals surface area (Å²) in [4.78, 5) is 14.7. The highest BCUT2D eigenvalue weighted by atomic mass is 32.2. The van der Waals surface area contributed by atoms with Crippen LogP contribution in [0.3, 0.4) is 0 Å².